The highest BCUT2D eigenvalue weighted by Crippen LogP contribution is 2.21. The first-order chi connectivity index (χ1) is 10.1. The number of esters is 1. The van der Waals surface area contributed by atoms with E-state index in [4.69, 9.17) is 4.74 Å². The van der Waals surface area contributed by atoms with E-state index >= 15 is 0 Å². The van der Waals surface area contributed by atoms with Gasteiger partial charge in [-0.3, -0.25) is 0 Å². The quantitative estimate of drug-likeness (QED) is 0.609. The average molecular weight is 342 g/mol. The van der Waals surface area contributed by atoms with Crippen LogP contribution in [0.4, 0.5) is 0 Å². The SMILES string of the molecule is Cc1cccc(/C=C2\N=C(c3cccc(Br)c3)OC2=O)c1. The van der Waals surface area contributed by atoms with E-state index < -0.39 is 5.97 Å². The fourth-order valence-electron chi connectivity index (χ4n) is 2.07. The summed E-state index contributed by atoms with van der Waals surface area (Å²) in [6.45, 7) is 2.01. The zero-order chi connectivity index (χ0) is 14.8. The highest BCUT2D eigenvalue weighted by Gasteiger charge is 2.24. The van der Waals surface area contributed by atoms with Crippen LogP contribution in [0, 0.1) is 6.92 Å². The lowest BCUT2D eigenvalue weighted by atomic mass is 10.1. The second-order valence-electron chi connectivity index (χ2n) is 4.76. The number of carbonyl (C=O) groups is 1. The van der Waals surface area contributed by atoms with Gasteiger partial charge in [0.25, 0.3) is 0 Å². The summed E-state index contributed by atoms with van der Waals surface area (Å²) in [5.74, 6) is -0.0910. The van der Waals surface area contributed by atoms with Crippen molar-refractivity contribution in [2.24, 2.45) is 4.99 Å². The Morgan fingerprint density at radius 3 is 2.71 bits per heavy atom. The third-order valence-corrected chi connectivity index (χ3v) is 3.53. The molecule has 1 heterocycles. The molecule has 0 fully saturated rings. The van der Waals surface area contributed by atoms with Crippen LogP contribution >= 0.6 is 15.9 Å². The lowest BCUT2D eigenvalue weighted by Gasteiger charge is -1.99. The van der Waals surface area contributed by atoms with E-state index in [1.807, 2.05) is 55.5 Å². The fraction of sp³-hybridized carbons (Fsp3) is 0.0588. The maximum Gasteiger partial charge on any atom is 0.363 e. The predicted molar refractivity (Wildman–Crippen MR) is 85.9 cm³/mol. The number of aryl methyl sites for hydroxylation is 1. The second-order valence-corrected chi connectivity index (χ2v) is 5.68. The zero-order valence-corrected chi connectivity index (χ0v) is 12.9. The first-order valence-electron chi connectivity index (χ1n) is 6.47. The molecule has 21 heavy (non-hydrogen) atoms. The average Bonchev–Trinajstić information content (AvgIpc) is 2.80. The van der Waals surface area contributed by atoms with E-state index in [-0.39, 0.29) is 0 Å². The number of halogens is 1. The van der Waals surface area contributed by atoms with Gasteiger partial charge in [0.15, 0.2) is 5.70 Å². The molecular formula is C17H12BrNO2. The molecule has 0 bridgehead atoms. The molecule has 3 nitrogen and oxygen atoms in total. The third-order valence-electron chi connectivity index (χ3n) is 3.04. The smallest absolute Gasteiger partial charge is 0.363 e. The molecule has 0 unspecified atom stereocenters. The van der Waals surface area contributed by atoms with E-state index in [1.165, 1.54) is 0 Å². The molecule has 2 aromatic carbocycles. The number of nitrogens with zero attached hydrogens (tertiary/aromatic N) is 1. The summed E-state index contributed by atoms with van der Waals surface area (Å²) in [6, 6.07) is 15.4. The van der Waals surface area contributed by atoms with Crippen LogP contribution in [-0.2, 0) is 9.53 Å². The van der Waals surface area contributed by atoms with Crippen LogP contribution < -0.4 is 0 Å². The molecule has 0 radical (unpaired) electrons. The molecule has 0 N–H and O–H groups in total. The molecule has 0 saturated carbocycles. The Morgan fingerprint density at radius 2 is 1.95 bits per heavy atom. The Labute approximate surface area is 131 Å². The van der Waals surface area contributed by atoms with Crippen molar-refractivity contribution in [3.63, 3.8) is 0 Å². The van der Waals surface area contributed by atoms with Gasteiger partial charge in [-0.2, -0.15) is 0 Å². The van der Waals surface area contributed by atoms with Gasteiger partial charge >= 0.3 is 5.97 Å². The summed E-state index contributed by atoms with van der Waals surface area (Å²) in [4.78, 5) is 16.2. The molecule has 3 rings (SSSR count). The van der Waals surface area contributed by atoms with Crippen molar-refractivity contribution in [2.75, 3.05) is 0 Å². The Bertz CT molecular complexity index is 778. The number of hydrogen-bond acceptors (Lipinski definition) is 3. The molecule has 0 aromatic heterocycles. The normalized spacial score (nSPS) is 16.0. The maximum atomic E-state index is 11.9. The molecule has 104 valence electrons. The van der Waals surface area contributed by atoms with Gasteiger partial charge in [-0.1, -0.05) is 51.8 Å². The molecule has 0 amide bonds. The topological polar surface area (TPSA) is 38.7 Å². The highest BCUT2D eigenvalue weighted by atomic mass is 79.9. The second kappa shape index (κ2) is 5.66. The Morgan fingerprint density at radius 1 is 1.14 bits per heavy atom. The molecule has 0 atom stereocenters. The van der Waals surface area contributed by atoms with Gasteiger partial charge in [0.1, 0.15) is 0 Å². The molecule has 1 aliphatic rings. The molecule has 2 aromatic rings. The van der Waals surface area contributed by atoms with Crippen LogP contribution in [0.5, 0.6) is 0 Å². The number of ether oxygens (including phenoxy) is 1. The molecule has 4 heteroatoms. The Balaban J connectivity index is 1.95. The number of cyclic esters (lactones) is 1. The standard InChI is InChI=1S/C17H12BrNO2/c1-11-4-2-5-12(8-11)9-15-17(20)21-16(19-15)13-6-3-7-14(18)10-13/h2-10H,1H3/b15-9-. The van der Waals surface area contributed by atoms with Gasteiger partial charge in [0.2, 0.25) is 5.90 Å². The van der Waals surface area contributed by atoms with E-state index in [2.05, 4.69) is 20.9 Å². The summed E-state index contributed by atoms with van der Waals surface area (Å²) < 4.78 is 6.15. The van der Waals surface area contributed by atoms with Gasteiger partial charge in [-0.25, -0.2) is 9.79 Å². The monoisotopic (exact) mass is 341 g/mol. The number of benzene rings is 2. The van der Waals surface area contributed by atoms with Crippen LogP contribution in [0.25, 0.3) is 6.08 Å². The minimum atomic E-state index is -0.425. The molecular weight excluding hydrogens is 330 g/mol. The van der Waals surface area contributed by atoms with Gasteiger partial charge in [-0.05, 0) is 36.8 Å². The van der Waals surface area contributed by atoms with E-state index in [9.17, 15) is 4.79 Å². The first kappa shape index (κ1) is 13.8. The summed E-state index contributed by atoms with van der Waals surface area (Å²) >= 11 is 3.39. The molecule has 0 saturated heterocycles. The number of aliphatic imine (C=N–C) groups is 1. The van der Waals surface area contributed by atoms with Crippen LogP contribution in [0.1, 0.15) is 16.7 Å². The van der Waals surface area contributed by atoms with Crippen molar-refractivity contribution in [3.05, 3.63) is 75.4 Å². The minimum absolute atomic E-state index is 0.315. The van der Waals surface area contributed by atoms with Crippen molar-refractivity contribution < 1.29 is 9.53 Å². The van der Waals surface area contributed by atoms with E-state index in [0.717, 1.165) is 21.2 Å². The van der Waals surface area contributed by atoms with Crippen LogP contribution in [0.3, 0.4) is 0 Å². The van der Waals surface area contributed by atoms with Crippen molar-refractivity contribution in [2.45, 2.75) is 6.92 Å². The van der Waals surface area contributed by atoms with Crippen LogP contribution in [0.15, 0.2) is 63.7 Å². The summed E-state index contributed by atoms with van der Waals surface area (Å²) in [6.07, 6.45) is 1.74. The van der Waals surface area contributed by atoms with Gasteiger partial charge < -0.3 is 4.74 Å². The van der Waals surface area contributed by atoms with E-state index in [0.29, 0.717) is 11.6 Å². The highest BCUT2D eigenvalue weighted by molar-refractivity contribution is 9.10. The van der Waals surface area contributed by atoms with Crippen molar-refractivity contribution in [3.8, 4) is 0 Å². The van der Waals surface area contributed by atoms with Crippen molar-refractivity contribution in [1.82, 2.24) is 0 Å². The fourth-order valence-corrected chi connectivity index (χ4v) is 2.47. The van der Waals surface area contributed by atoms with Gasteiger partial charge in [0, 0.05) is 10.0 Å². The van der Waals surface area contributed by atoms with Crippen LogP contribution in [-0.4, -0.2) is 11.9 Å². The van der Waals surface area contributed by atoms with Gasteiger partial charge in [0.05, 0.1) is 0 Å². The van der Waals surface area contributed by atoms with Crippen molar-refractivity contribution in [1.29, 1.82) is 0 Å². The largest absolute Gasteiger partial charge is 0.402 e. The first-order valence-corrected chi connectivity index (χ1v) is 7.26. The predicted octanol–water partition coefficient (Wildman–Crippen LogP) is 4.10. The third kappa shape index (κ3) is 3.11. The van der Waals surface area contributed by atoms with E-state index in [1.54, 1.807) is 6.08 Å². The summed E-state index contributed by atoms with van der Waals surface area (Å²) in [7, 11) is 0. The number of carbonyl (C=O) groups excluding carboxylic acids is 1. The lowest BCUT2D eigenvalue weighted by molar-refractivity contribution is -0.129. The molecule has 0 spiro atoms. The zero-order valence-electron chi connectivity index (χ0n) is 11.3. The number of rotatable bonds is 2. The summed E-state index contributed by atoms with van der Waals surface area (Å²) in [5.41, 5.74) is 3.15. The molecule has 1 aliphatic heterocycles. The van der Waals surface area contributed by atoms with Crippen molar-refractivity contribution >= 4 is 33.9 Å². The maximum absolute atomic E-state index is 11.9. The van der Waals surface area contributed by atoms with Gasteiger partial charge in [-0.15, -0.1) is 0 Å². The summed E-state index contributed by atoms with van der Waals surface area (Å²) in [5, 5.41) is 0. The Kier molecular flexibility index (Phi) is 3.71. The minimum Gasteiger partial charge on any atom is -0.402 e. The number of hydrogen-bond donors (Lipinski definition) is 0. The van der Waals surface area contributed by atoms with Crippen LogP contribution in [0.2, 0.25) is 0 Å². The Hall–Kier alpha value is -2.20. The lowest BCUT2D eigenvalue weighted by Crippen LogP contribution is -2.05. The molecule has 0 aliphatic carbocycles.